The van der Waals surface area contributed by atoms with Crippen molar-refractivity contribution < 1.29 is 28.6 Å². The molecule has 6 nitrogen and oxygen atoms in total. The van der Waals surface area contributed by atoms with Crippen LogP contribution in [0.2, 0.25) is 0 Å². The summed E-state index contributed by atoms with van der Waals surface area (Å²) in [4.78, 5) is 38.3. The van der Waals surface area contributed by atoms with Gasteiger partial charge in [0, 0.05) is 19.3 Å². The van der Waals surface area contributed by atoms with Gasteiger partial charge in [-0.1, -0.05) is 263 Å². The second-order valence-electron chi connectivity index (χ2n) is 21.3. The van der Waals surface area contributed by atoms with Crippen molar-refractivity contribution in [1.29, 1.82) is 0 Å². The molecule has 0 aliphatic rings. The largest absolute Gasteiger partial charge is 0.462 e. The molecule has 0 heterocycles. The summed E-state index contributed by atoms with van der Waals surface area (Å²) in [5.41, 5.74) is 0. The minimum absolute atomic E-state index is 0.0762. The smallest absolute Gasteiger partial charge is 0.306 e. The Labute approximate surface area is 442 Å². The average molecular weight is 998 g/mol. The van der Waals surface area contributed by atoms with Crippen LogP contribution in [-0.2, 0) is 28.6 Å². The fraction of sp³-hybridized carbons (Fsp3) is 0.862. The molecule has 0 amide bonds. The van der Waals surface area contributed by atoms with E-state index in [0.29, 0.717) is 19.3 Å². The zero-order valence-electron chi connectivity index (χ0n) is 47.8. The summed E-state index contributed by atoms with van der Waals surface area (Å²) >= 11 is 0. The van der Waals surface area contributed by atoms with E-state index in [4.69, 9.17) is 14.2 Å². The number of esters is 3. The van der Waals surface area contributed by atoms with Crippen molar-refractivity contribution in [2.45, 2.75) is 348 Å². The summed E-state index contributed by atoms with van der Waals surface area (Å²) in [6, 6.07) is 0. The number of carbonyl (C=O) groups is 3. The van der Waals surface area contributed by atoms with E-state index in [0.717, 1.165) is 64.2 Å². The lowest BCUT2D eigenvalue weighted by Gasteiger charge is -2.18. The number of rotatable bonds is 58. The molecule has 0 spiro atoms. The summed E-state index contributed by atoms with van der Waals surface area (Å²) in [6.45, 7) is 6.67. The fourth-order valence-electron chi connectivity index (χ4n) is 9.31. The molecular weight excluding hydrogens is 877 g/mol. The molecule has 0 saturated heterocycles. The van der Waals surface area contributed by atoms with Crippen molar-refractivity contribution in [3.8, 4) is 0 Å². The van der Waals surface area contributed by atoms with Crippen molar-refractivity contribution in [3.05, 3.63) is 36.5 Å². The lowest BCUT2D eigenvalue weighted by atomic mass is 10.1. The van der Waals surface area contributed by atoms with Crippen LogP contribution in [0.15, 0.2) is 36.5 Å². The number of unbranched alkanes of at least 4 members (excludes halogenated alkanes) is 41. The van der Waals surface area contributed by atoms with Gasteiger partial charge < -0.3 is 14.2 Å². The van der Waals surface area contributed by atoms with Gasteiger partial charge in [0.1, 0.15) is 13.2 Å². The zero-order valence-corrected chi connectivity index (χ0v) is 47.8. The lowest BCUT2D eigenvalue weighted by molar-refractivity contribution is -0.167. The zero-order chi connectivity index (χ0) is 51.4. The van der Waals surface area contributed by atoms with Crippen LogP contribution in [0, 0.1) is 0 Å². The van der Waals surface area contributed by atoms with Crippen LogP contribution in [0.4, 0.5) is 0 Å². The molecule has 0 aliphatic carbocycles. The molecule has 0 bridgehead atoms. The third-order valence-corrected chi connectivity index (χ3v) is 14.1. The van der Waals surface area contributed by atoms with E-state index in [1.54, 1.807) is 0 Å². The van der Waals surface area contributed by atoms with Gasteiger partial charge in [0.25, 0.3) is 0 Å². The van der Waals surface area contributed by atoms with Crippen LogP contribution in [0.25, 0.3) is 0 Å². The van der Waals surface area contributed by atoms with Crippen molar-refractivity contribution >= 4 is 17.9 Å². The Morgan fingerprint density at radius 2 is 0.465 bits per heavy atom. The highest BCUT2D eigenvalue weighted by Crippen LogP contribution is 2.16. The van der Waals surface area contributed by atoms with E-state index >= 15 is 0 Å². The van der Waals surface area contributed by atoms with E-state index < -0.39 is 6.10 Å². The lowest BCUT2D eigenvalue weighted by Crippen LogP contribution is -2.30. The quantitative estimate of drug-likeness (QED) is 0.0261. The Hall–Kier alpha value is -2.37. The Morgan fingerprint density at radius 1 is 0.268 bits per heavy atom. The van der Waals surface area contributed by atoms with Crippen LogP contribution in [-0.4, -0.2) is 37.2 Å². The van der Waals surface area contributed by atoms with E-state index in [-0.39, 0.29) is 31.1 Å². The van der Waals surface area contributed by atoms with Crippen LogP contribution in [0.5, 0.6) is 0 Å². The van der Waals surface area contributed by atoms with E-state index in [1.807, 2.05) is 0 Å². The highest BCUT2D eigenvalue weighted by molar-refractivity contribution is 5.71. The Balaban J connectivity index is 4.35. The normalized spacial score (nSPS) is 12.2. The molecule has 0 aromatic rings. The molecule has 0 aromatic carbocycles. The number of hydrogen-bond acceptors (Lipinski definition) is 6. The van der Waals surface area contributed by atoms with Crippen molar-refractivity contribution in [2.24, 2.45) is 0 Å². The molecule has 0 fully saturated rings. The first-order valence-corrected chi connectivity index (χ1v) is 31.5. The maximum atomic E-state index is 12.9. The third-order valence-electron chi connectivity index (χ3n) is 14.1. The number of ether oxygens (including phenoxy) is 3. The number of allylic oxidation sites excluding steroid dienone is 6. The summed E-state index contributed by atoms with van der Waals surface area (Å²) in [6.07, 6.45) is 72.8. The molecule has 1 atom stereocenters. The standard InChI is InChI=1S/C65H120O6/c1-4-7-10-13-16-19-22-25-28-30-32-34-37-40-43-46-49-52-55-58-64(67)70-61-62(60-69-63(66)57-54-51-48-45-42-39-36-27-24-21-18-15-12-9-6-3)71-65(68)59-56-53-50-47-44-41-38-35-33-31-29-26-23-20-17-14-11-8-5-2/h27,30-33,36,62H,4-26,28-29,34-35,37-61H2,1-3H3/b32-30-,33-31-,36-27-/t62-/m1/s1. The number of hydrogen-bond donors (Lipinski definition) is 0. The van der Waals surface area contributed by atoms with Gasteiger partial charge in [-0.15, -0.1) is 0 Å². The van der Waals surface area contributed by atoms with Gasteiger partial charge in [-0.3, -0.25) is 14.4 Å². The number of carbonyl (C=O) groups excluding carboxylic acids is 3. The van der Waals surface area contributed by atoms with Crippen molar-refractivity contribution in [1.82, 2.24) is 0 Å². The van der Waals surface area contributed by atoms with Crippen molar-refractivity contribution in [3.63, 3.8) is 0 Å². The summed E-state index contributed by atoms with van der Waals surface area (Å²) < 4.78 is 16.9. The molecule has 0 unspecified atom stereocenters. The summed E-state index contributed by atoms with van der Waals surface area (Å²) in [5.74, 6) is -0.873. The first kappa shape index (κ1) is 68.6. The molecule has 0 N–H and O–H groups in total. The predicted octanol–water partition coefficient (Wildman–Crippen LogP) is 21.2. The maximum absolute atomic E-state index is 12.9. The van der Waals surface area contributed by atoms with E-state index in [9.17, 15) is 14.4 Å². The molecule has 71 heavy (non-hydrogen) atoms. The van der Waals surface area contributed by atoms with Gasteiger partial charge in [-0.2, -0.15) is 0 Å². The molecule has 0 rings (SSSR count). The first-order valence-electron chi connectivity index (χ1n) is 31.5. The van der Waals surface area contributed by atoms with Crippen LogP contribution < -0.4 is 0 Å². The second kappa shape index (κ2) is 60.2. The van der Waals surface area contributed by atoms with Crippen LogP contribution >= 0.6 is 0 Å². The highest BCUT2D eigenvalue weighted by atomic mass is 16.6. The Morgan fingerprint density at radius 3 is 0.704 bits per heavy atom. The summed E-state index contributed by atoms with van der Waals surface area (Å²) in [7, 11) is 0. The van der Waals surface area contributed by atoms with Gasteiger partial charge in [-0.25, -0.2) is 0 Å². The topological polar surface area (TPSA) is 78.9 Å². The van der Waals surface area contributed by atoms with Gasteiger partial charge in [0.2, 0.25) is 0 Å². The molecule has 6 heteroatoms. The van der Waals surface area contributed by atoms with Crippen molar-refractivity contribution in [2.75, 3.05) is 13.2 Å². The Bertz CT molecular complexity index is 1190. The maximum Gasteiger partial charge on any atom is 0.306 e. The molecule has 0 aromatic heterocycles. The van der Waals surface area contributed by atoms with Gasteiger partial charge in [0.05, 0.1) is 0 Å². The van der Waals surface area contributed by atoms with Crippen LogP contribution in [0.1, 0.15) is 342 Å². The summed E-state index contributed by atoms with van der Waals surface area (Å²) in [5, 5.41) is 0. The molecule has 0 radical (unpaired) electrons. The SMILES string of the molecule is CCCCCCCC/C=C\CCCCCCCC(=O)OC[C@H](COC(=O)CCCCCCCCC/C=C\CCCCCCCCCC)OC(=O)CCCCCCCCC/C=C\CCCCCCCCCC. The van der Waals surface area contributed by atoms with Crippen LogP contribution in [0.3, 0.4) is 0 Å². The minimum Gasteiger partial charge on any atom is -0.462 e. The highest BCUT2D eigenvalue weighted by Gasteiger charge is 2.19. The van der Waals surface area contributed by atoms with E-state index in [2.05, 4.69) is 57.2 Å². The first-order chi connectivity index (χ1) is 35.0. The molecule has 0 aliphatic heterocycles. The molecule has 0 saturated carbocycles. The minimum atomic E-state index is -0.779. The molecule has 416 valence electrons. The molecular formula is C65H120O6. The average Bonchev–Trinajstić information content (AvgIpc) is 3.37. The Kier molecular flexibility index (Phi) is 58.2. The van der Waals surface area contributed by atoms with Gasteiger partial charge >= 0.3 is 17.9 Å². The van der Waals surface area contributed by atoms with Gasteiger partial charge in [0.15, 0.2) is 6.10 Å². The van der Waals surface area contributed by atoms with Gasteiger partial charge in [-0.05, 0) is 96.3 Å². The second-order valence-corrected chi connectivity index (χ2v) is 21.3. The predicted molar refractivity (Wildman–Crippen MR) is 307 cm³/mol. The third kappa shape index (κ3) is 58.4. The van der Waals surface area contributed by atoms with E-state index in [1.165, 1.54) is 238 Å². The monoisotopic (exact) mass is 997 g/mol. The fourth-order valence-corrected chi connectivity index (χ4v) is 9.31.